The second-order valence-corrected chi connectivity index (χ2v) is 9.37. The van der Waals surface area contributed by atoms with Crippen LogP contribution in [0, 0.1) is 0 Å². The van der Waals surface area contributed by atoms with Crippen LogP contribution < -0.4 is 15.0 Å². The predicted molar refractivity (Wildman–Crippen MR) is 150 cm³/mol. The highest BCUT2D eigenvalue weighted by Crippen LogP contribution is 2.29. The van der Waals surface area contributed by atoms with Crippen molar-refractivity contribution in [3.8, 4) is 5.75 Å². The van der Waals surface area contributed by atoms with Crippen LogP contribution in [0.1, 0.15) is 32.3 Å². The molecule has 2 aromatic carbocycles. The number of benzene rings is 2. The van der Waals surface area contributed by atoms with Gasteiger partial charge in [-0.2, -0.15) is 0 Å². The second-order valence-electron chi connectivity index (χ2n) is 9.37. The van der Waals surface area contributed by atoms with Crippen molar-refractivity contribution in [2.24, 2.45) is 0 Å². The summed E-state index contributed by atoms with van der Waals surface area (Å²) in [6, 6.07) is 22.5. The molecule has 2 aromatic heterocycles. The molecular formula is C30H35N5O2. The molecule has 1 fully saturated rings. The monoisotopic (exact) mass is 497 g/mol. The Hall–Kier alpha value is -4.00. The van der Waals surface area contributed by atoms with Crippen molar-refractivity contribution >= 4 is 28.4 Å². The quantitative estimate of drug-likeness (QED) is 0.323. The molecule has 1 saturated heterocycles. The second kappa shape index (κ2) is 11.4. The van der Waals surface area contributed by atoms with Gasteiger partial charge in [0.15, 0.2) is 5.82 Å². The molecule has 4 aromatic rings. The molecular weight excluding hydrogens is 462 g/mol. The normalized spacial score (nSPS) is 14.1. The van der Waals surface area contributed by atoms with Gasteiger partial charge in [0.1, 0.15) is 12.4 Å². The number of aromatic nitrogens is 2. The number of fused-ring (bicyclic) bond motifs is 1. The summed E-state index contributed by atoms with van der Waals surface area (Å²) in [5, 5.41) is 4.43. The Labute approximate surface area is 218 Å². The van der Waals surface area contributed by atoms with Crippen LogP contribution >= 0.6 is 0 Å². The summed E-state index contributed by atoms with van der Waals surface area (Å²) in [6.07, 6.45) is 5.55. The van der Waals surface area contributed by atoms with Gasteiger partial charge in [-0.1, -0.05) is 30.3 Å². The molecule has 192 valence electrons. The van der Waals surface area contributed by atoms with Crippen molar-refractivity contribution in [2.75, 3.05) is 36.4 Å². The molecule has 0 saturated carbocycles. The highest BCUT2D eigenvalue weighted by Gasteiger charge is 2.29. The third-order valence-corrected chi connectivity index (χ3v) is 7.06. The van der Waals surface area contributed by atoms with Gasteiger partial charge in [0.25, 0.3) is 0 Å². The van der Waals surface area contributed by atoms with Crippen LogP contribution in [-0.2, 0) is 6.61 Å². The highest BCUT2D eigenvalue weighted by molar-refractivity contribution is 5.92. The van der Waals surface area contributed by atoms with Crippen molar-refractivity contribution in [1.29, 1.82) is 0 Å². The molecule has 1 aliphatic rings. The summed E-state index contributed by atoms with van der Waals surface area (Å²) in [7, 11) is 0. The van der Waals surface area contributed by atoms with E-state index >= 15 is 0 Å². The van der Waals surface area contributed by atoms with E-state index in [-0.39, 0.29) is 6.03 Å². The topological polar surface area (TPSA) is 62.6 Å². The van der Waals surface area contributed by atoms with E-state index < -0.39 is 0 Å². The molecule has 1 N–H and O–H groups in total. The van der Waals surface area contributed by atoms with E-state index in [4.69, 9.17) is 4.74 Å². The van der Waals surface area contributed by atoms with Gasteiger partial charge in [-0.05, 0) is 68.7 Å². The van der Waals surface area contributed by atoms with Crippen molar-refractivity contribution < 1.29 is 9.53 Å². The van der Waals surface area contributed by atoms with Crippen LogP contribution in [0.15, 0.2) is 79.1 Å². The zero-order valence-corrected chi connectivity index (χ0v) is 21.6. The van der Waals surface area contributed by atoms with Crippen LogP contribution in [0.5, 0.6) is 5.75 Å². The smallest absolute Gasteiger partial charge is 0.328 e. The first-order valence-corrected chi connectivity index (χ1v) is 13.2. The Kier molecular flexibility index (Phi) is 7.59. The van der Waals surface area contributed by atoms with Gasteiger partial charge in [-0.15, -0.1) is 0 Å². The van der Waals surface area contributed by atoms with Crippen molar-refractivity contribution in [2.45, 2.75) is 39.3 Å². The lowest BCUT2D eigenvalue weighted by atomic mass is 10.0. The average molecular weight is 498 g/mol. The first-order chi connectivity index (χ1) is 18.2. The van der Waals surface area contributed by atoms with Crippen molar-refractivity contribution in [3.63, 3.8) is 0 Å². The van der Waals surface area contributed by atoms with Crippen LogP contribution in [0.3, 0.4) is 0 Å². The molecule has 7 nitrogen and oxygen atoms in total. The van der Waals surface area contributed by atoms with E-state index in [0.717, 1.165) is 72.7 Å². The Bertz CT molecular complexity index is 1330. The number of amides is 1. The van der Waals surface area contributed by atoms with Gasteiger partial charge in [0.05, 0.1) is 11.2 Å². The molecule has 1 aliphatic heterocycles. The van der Waals surface area contributed by atoms with Crippen LogP contribution in [0.4, 0.5) is 16.3 Å². The molecule has 1 amide bonds. The Balaban J connectivity index is 1.23. The molecule has 37 heavy (non-hydrogen) atoms. The van der Waals surface area contributed by atoms with Gasteiger partial charge < -0.3 is 19.9 Å². The first kappa shape index (κ1) is 24.7. The average Bonchev–Trinajstić information content (AvgIpc) is 3.37. The predicted octanol–water partition coefficient (Wildman–Crippen LogP) is 6.01. The molecule has 0 aliphatic carbocycles. The van der Waals surface area contributed by atoms with Gasteiger partial charge in [0, 0.05) is 50.0 Å². The number of likely N-dealkylation sites (tertiary alicyclic amines) is 1. The number of piperidine rings is 1. The first-order valence-electron chi connectivity index (χ1n) is 13.2. The summed E-state index contributed by atoms with van der Waals surface area (Å²) in [6.45, 7) is 7.97. The molecule has 0 spiro atoms. The fourth-order valence-electron chi connectivity index (χ4n) is 5.17. The molecule has 0 atom stereocenters. The van der Waals surface area contributed by atoms with E-state index in [1.54, 1.807) is 4.57 Å². The standard InChI is InChI=1S/C30H35N5O2/c1-3-31-27-11-8-17-32-29(27)34(4-2)25-15-18-33(19-16-25)30(36)35-20-14-24-21-26(12-13-28(24)35)37-22-23-9-6-5-7-10-23/h5-14,17,20-21,25,31H,3-4,15-16,18-19,22H2,1-2H3. The maximum Gasteiger partial charge on any atom is 0.328 e. The number of pyridine rings is 1. The fraction of sp³-hybridized carbons (Fsp3) is 0.333. The summed E-state index contributed by atoms with van der Waals surface area (Å²) < 4.78 is 7.73. The lowest BCUT2D eigenvalue weighted by Crippen LogP contribution is -2.48. The van der Waals surface area contributed by atoms with E-state index in [1.807, 2.05) is 78.0 Å². The number of rotatable bonds is 8. The SMILES string of the molecule is CCNc1cccnc1N(CC)C1CCN(C(=O)n2ccc3cc(OCc4ccccc4)ccc32)CC1. The van der Waals surface area contributed by atoms with Crippen molar-refractivity contribution in [3.05, 3.63) is 84.7 Å². The zero-order chi connectivity index (χ0) is 25.6. The van der Waals surface area contributed by atoms with Crippen LogP contribution in [-0.4, -0.2) is 52.7 Å². The molecule has 0 unspecified atom stereocenters. The van der Waals surface area contributed by atoms with Crippen LogP contribution in [0.25, 0.3) is 10.9 Å². The number of hydrogen-bond acceptors (Lipinski definition) is 5. The minimum atomic E-state index is 0.0284. The number of nitrogens with one attached hydrogen (secondary N) is 1. The molecule has 0 radical (unpaired) electrons. The van der Waals surface area contributed by atoms with Gasteiger partial charge in [-0.25, -0.2) is 9.78 Å². The largest absolute Gasteiger partial charge is 0.489 e. The number of carbonyl (C=O) groups excluding carboxylic acids is 1. The number of ether oxygens (including phenoxy) is 1. The third-order valence-electron chi connectivity index (χ3n) is 7.06. The Morgan fingerprint density at radius 1 is 1.05 bits per heavy atom. The number of carbonyl (C=O) groups is 1. The molecule has 5 rings (SSSR count). The minimum absolute atomic E-state index is 0.0284. The molecule has 7 heteroatoms. The number of hydrogen-bond donors (Lipinski definition) is 1. The van der Waals surface area contributed by atoms with Crippen LogP contribution in [0.2, 0.25) is 0 Å². The summed E-state index contributed by atoms with van der Waals surface area (Å²) in [5.74, 6) is 1.80. The highest BCUT2D eigenvalue weighted by atomic mass is 16.5. The van der Waals surface area contributed by atoms with Gasteiger partial charge in [-0.3, -0.25) is 4.57 Å². The van der Waals surface area contributed by atoms with Crippen molar-refractivity contribution in [1.82, 2.24) is 14.5 Å². The lowest BCUT2D eigenvalue weighted by molar-refractivity contribution is 0.183. The van der Waals surface area contributed by atoms with Gasteiger partial charge in [0.2, 0.25) is 0 Å². The third kappa shape index (κ3) is 5.40. The van der Waals surface area contributed by atoms with E-state index in [2.05, 4.69) is 35.1 Å². The van der Waals surface area contributed by atoms with E-state index in [0.29, 0.717) is 12.6 Å². The summed E-state index contributed by atoms with van der Waals surface area (Å²) >= 11 is 0. The van der Waals surface area contributed by atoms with E-state index in [1.165, 1.54) is 0 Å². The Morgan fingerprint density at radius 2 is 1.86 bits per heavy atom. The zero-order valence-electron chi connectivity index (χ0n) is 21.6. The number of anilines is 2. The molecule has 3 heterocycles. The maximum absolute atomic E-state index is 13.4. The Morgan fingerprint density at radius 3 is 2.62 bits per heavy atom. The molecule has 0 bridgehead atoms. The summed E-state index contributed by atoms with van der Waals surface area (Å²) in [5.41, 5.74) is 3.09. The summed E-state index contributed by atoms with van der Waals surface area (Å²) in [4.78, 5) is 22.5. The van der Waals surface area contributed by atoms with E-state index in [9.17, 15) is 4.79 Å². The van der Waals surface area contributed by atoms with Gasteiger partial charge >= 0.3 is 6.03 Å². The fourth-order valence-corrected chi connectivity index (χ4v) is 5.17. The number of nitrogens with zero attached hydrogens (tertiary/aromatic N) is 4. The maximum atomic E-state index is 13.4. The lowest BCUT2D eigenvalue weighted by Gasteiger charge is -2.39. The minimum Gasteiger partial charge on any atom is -0.489 e.